The van der Waals surface area contributed by atoms with E-state index < -0.39 is 0 Å². The van der Waals surface area contributed by atoms with E-state index in [0.29, 0.717) is 0 Å². The molecule has 0 aliphatic carbocycles. The zero-order chi connectivity index (χ0) is 74.9. The van der Waals surface area contributed by atoms with Crippen LogP contribution in [-0.2, 0) is 93.4 Å². The van der Waals surface area contributed by atoms with Crippen molar-refractivity contribution in [3.63, 3.8) is 0 Å². The molecule has 554 valence electrons. The topological polar surface area (TPSA) is 59.1 Å². The Hall–Kier alpha value is -8.32. The summed E-state index contributed by atoms with van der Waals surface area (Å²) >= 11 is 0. The molecule has 107 heavy (non-hydrogen) atoms. The first-order valence-corrected chi connectivity index (χ1v) is 41.5. The summed E-state index contributed by atoms with van der Waals surface area (Å²) in [6.07, 6.45) is 0. The fraction of sp³-hybridized carbons (Fsp3) is 0.234. The van der Waals surface area contributed by atoms with Crippen LogP contribution in [0.2, 0.25) is 0 Å². The highest BCUT2D eigenvalue weighted by molar-refractivity contribution is 7.98. The third kappa shape index (κ3) is 27.1. The molecule has 0 spiro atoms. The van der Waals surface area contributed by atoms with Gasteiger partial charge in [-0.2, -0.15) is 0 Å². The highest BCUT2D eigenvalue weighted by Crippen LogP contribution is 2.37. The minimum Gasteiger partial charge on any atom is -0.383 e. The zero-order valence-electron chi connectivity index (χ0n) is 63.7. The Morgan fingerprint density at radius 1 is 0.215 bits per heavy atom. The van der Waals surface area contributed by atoms with E-state index in [1.165, 1.54) is 81.0 Å². The molecule has 0 aromatic heterocycles. The Morgan fingerprint density at radius 2 is 0.467 bits per heavy atom. The van der Waals surface area contributed by atoms with Crippen molar-refractivity contribution in [2.75, 3.05) is 122 Å². The predicted molar refractivity (Wildman–Crippen MR) is 450 cm³/mol. The molecule has 0 aliphatic heterocycles. The quantitative estimate of drug-likeness (QED) is 0.0362. The molecule has 9 nitrogen and oxygen atoms in total. The van der Waals surface area contributed by atoms with Gasteiger partial charge in [0.1, 0.15) is 0 Å². The normalized spacial score (nSPS) is 11.3. The van der Waals surface area contributed by atoms with Crippen LogP contribution in [0.3, 0.4) is 0 Å². The minimum atomic E-state index is -0.143. The number of rotatable bonds is 35. The van der Waals surface area contributed by atoms with Crippen LogP contribution in [0.4, 0.5) is 0 Å². The summed E-state index contributed by atoms with van der Waals surface area (Å²) in [5.74, 6) is 0. The van der Waals surface area contributed by atoms with Crippen molar-refractivity contribution in [2.24, 2.45) is 0 Å². The minimum absolute atomic E-state index is 0.0740. The van der Waals surface area contributed by atoms with Crippen LogP contribution in [0, 0.1) is 0 Å². The van der Waals surface area contributed by atoms with E-state index in [-0.39, 0.29) is 43.6 Å². The van der Waals surface area contributed by atoms with Crippen LogP contribution in [0.15, 0.2) is 398 Å². The molecule has 0 N–H and O–H groups in total. The average molecular weight is 1500 g/mol. The van der Waals surface area contributed by atoms with Crippen molar-refractivity contribution < 1.29 is 23.7 Å². The van der Waals surface area contributed by atoms with Crippen LogP contribution in [0.5, 0.6) is 0 Å². The number of hydrogen-bond donors (Lipinski definition) is 0. The molecule has 0 bridgehead atoms. The second-order valence-corrected chi connectivity index (χ2v) is 33.7. The zero-order valence-corrected chi connectivity index (χ0v) is 67.0. The van der Waals surface area contributed by atoms with Gasteiger partial charge in [0.2, 0.25) is 0 Å². The Balaban J connectivity index is 0.000000165. The molecule has 0 saturated heterocycles. The van der Waals surface area contributed by atoms with Crippen molar-refractivity contribution >= 4 is 43.6 Å². The van der Waals surface area contributed by atoms with Crippen LogP contribution in [0.25, 0.3) is 0 Å². The number of hydrogen-bond acceptors (Lipinski definition) is 9. The summed E-state index contributed by atoms with van der Waals surface area (Å²) in [5.41, 5.74) is 5.40. The summed E-state index contributed by atoms with van der Waals surface area (Å²) in [7, 11) is 14.8. The molecular weight excluding hydrogens is 1390 g/mol. The lowest BCUT2D eigenvalue weighted by Crippen LogP contribution is -2.30. The first kappa shape index (κ1) is 82.7. The fourth-order valence-corrected chi connectivity index (χ4v) is 20.8. The van der Waals surface area contributed by atoms with E-state index in [9.17, 15) is 0 Å². The van der Waals surface area contributed by atoms with Gasteiger partial charge in [0, 0.05) is 106 Å². The molecule has 0 unspecified atom stereocenters. The third-order valence-corrected chi connectivity index (χ3v) is 26.6. The Bertz CT molecular complexity index is 4150. The van der Waals surface area contributed by atoms with Crippen molar-refractivity contribution in [1.82, 2.24) is 19.6 Å². The van der Waals surface area contributed by atoms with Gasteiger partial charge in [0.25, 0.3) is 0 Å². The first-order valence-electron chi connectivity index (χ1n) is 36.6. The van der Waals surface area contributed by atoms with Crippen LogP contribution in [-0.4, -0.2) is 142 Å². The van der Waals surface area contributed by atoms with Crippen LogP contribution < -0.4 is 0 Å². The Labute approximate surface area is 651 Å². The van der Waals surface area contributed by atoms with Crippen LogP contribution in [0.1, 0.15) is 22.3 Å². The maximum Gasteiger partial charge on any atom is 0.171 e. The average Bonchev–Trinajstić information content (AvgIpc) is 0.818. The smallest absolute Gasteiger partial charge is 0.171 e. The lowest BCUT2D eigenvalue weighted by molar-refractivity contribution is 0.110. The highest BCUT2D eigenvalue weighted by Gasteiger charge is 2.34. The fourth-order valence-electron chi connectivity index (χ4n) is 12.1. The molecule has 0 amide bonds. The molecule has 0 atom stereocenters. The van der Waals surface area contributed by atoms with E-state index >= 15 is 0 Å². The van der Waals surface area contributed by atoms with Crippen molar-refractivity contribution in [2.45, 2.75) is 84.9 Å². The van der Waals surface area contributed by atoms with E-state index in [4.69, 9.17) is 23.7 Å². The summed E-state index contributed by atoms with van der Waals surface area (Å²) in [4.78, 5) is 25.6. The molecule has 0 aliphatic rings. The SMILES string of the molecule is COCCN(C)Cc1ccc([S+](c2ccccc2)c2ccccc2)cc1.COCCN(C)Cc1cccc([S+](c2ccccc2)c2ccccc2)c1.COCCN(C)Cc1ccccc1[S+](c1ccccc1)c1ccccc1.COCCN(CCOC)Cc1ccccc1[S+](c1ccccc1)c1ccccc1. The Morgan fingerprint density at radius 3 is 0.804 bits per heavy atom. The van der Waals surface area contributed by atoms with Gasteiger partial charge in [-0.1, -0.05) is 206 Å². The molecule has 13 heteroatoms. The molecule has 12 aromatic rings. The molecule has 0 radical (unpaired) electrons. The van der Waals surface area contributed by atoms with Gasteiger partial charge in [-0.3, -0.25) is 19.6 Å². The number of methoxy groups -OCH3 is 5. The summed E-state index contributed by atoms with van der Waals surface area (Å²) in [6, 6.07) is 122. The van der Waals surface area contributed by atoms with E-state index in [1.54, 1.807) is 35.5 Å². The third-order valence-electron chi connectivity index (χ3n) is 17.5. The molecule has 12 rings (SSSR count). The summed E-state index contributed by atoms with van der Waals surface area (Å²) < 4.78 is 26.2. The predicted octanol–water partition coefficient (Wildman–Crippen LogP) is 19.5. The number of ether oxygens (including phenoxy) is 5. The second-order valence-electron chi connectivity index (χ2n) is 25.7. The van der Waals surface area contributed by atoms with E-state index in [2.05, 4.69) is 380 Å². The van der Waals surface area contributed by atoms with Gasteiger partial charge in [0.05, 0.1) is 76.6 Å². The molecule has 0 fully saturated rings. The standard InChI is InChI=1S/C25H30NO2S.3C23H26NOS/c1-27-19-17-26(18-20-28-2)21-22-11-9-10-16-25(22)29(23-12-5-3-6-13-23)24-14-7-4-8-15-24;1-24(17-18-25-2)19-20-11-9-10-16-23(20)26(21-12-5-3-6-13-21)22-14-7-4-8-15-22;1-24(16-17-25-2)19-20-10-9-15-23(18-20)26(21-11-5-3-6-12-21)22-13-7-4-8-14-22;1-24(17-18-25-2)19-20-13-15-23(16-14-20)26(21-9-5-3-6-10-21)22-11-7-4-8-12-22/h3-16H,17-21H2,1-2H3;3-16H,17-19H2,1-2H3;3-15,18H,16-17,19H2,1-2H3;3-16H,17-19H2,1-2H3/q4*+1. The molecule has 0 heterocycles. The van der Waals surface area contributed by atoms with Crippen molar-refractivity contribution in [1.29, 1.82) is 0 Å². The van der Waals surface area contributed by atoms with Gasteiger partial charge >= 0.3 is 0 Å². The van der Waals surface area contributed by atoms with Gasteiger partial charge in [0.15, 0.2) is 58.7 Å². The number of nitrogens with zero attached hydrogens (tertiary/aromatic N) is 4. The largest absolute Gasteiger partial charge is 0.383 e. The van der Waals surface area contributed by atoms with Crippen molar-refractivity contribution in [3.05, 3.63) is 362 Å². The second kappa shape index (κ2) is 47.5. The van der Waals surface area contributed by atoms with E-state index in [1.807, 2.05) is 0 Å². The van der Waals surface area contributed by atoms with E-state index in [0.717, 1.165) is 91.9 Å². The highest BCUT2D eigenvalue weighted by atomic mass is 32.2. The van der Waals surface area contributed by atoms with Gasteiger partial charge < -0.3 is 23.7 Å². The maximum atomic E-state index is 5.33. The number of likely N-dealkylation sites (N-methyl/N-ethyl adjacent to an activating group) is 3. The molecule has 12 aromatic carbocycles. The Kier molecular flexibility index (Phi) is 36.7. The lowest BCUT2D eigenvalue weighted by Gasteiger charge is -2.22. The molecule has 0 saturated carbocycles. The summed E-state index contributed by atoms with van der Waals surface area (Å²) in [5, 5.41) is 0. The lowest BCUT2D eigenvalue weighted by atomic mass is 10.2. The van der Waals surface area contributed by atoms with Gasteiger partial charge in [-0.05, 0) is 166 Å². The van der Waals surface area contributed by atoms with Gasteiger partial charge in [-0.25, -0.2) is 0 Å². The monoisotopic (exact) mass is 1500 g/mol. The number of benzene rings is 12. The molecular formula is C94H108N4O5S4+4. The van der Waals surface area contributed by atoms with Crippen LogP contribution >= 0.6 is 0 Å². The van der Waals surface area contributed by atoms with Crippen molar-refractivity contribution in [3.8, 4) is 0 Å². The summed E-state index contributed by atoms with van der Waals surface area (Å²) in [6.45, 7) is 12.0. The first-order chi connectivity index (χ1) is 52.7. The maximum absolute atomic E-state index is 5.33. The van der Waals surface area contributed by atoms with Gasteiger partial charge in [-0.15, -0.1) is 0 Å².